The van der Waals surface area contributed by atoms with Crippen molar-refractivity contribution in [3.05, 3.63) is 0 Å². The van der Waals surface area contributed by atoms with Crippen molar-refractivity contribution in [2.24, 2.45) is 50.2 Å². The zero-order chi connectivity index (χ0) is 35.8. The van der Waals surface area contributed by atoms with Gasteiger partial charge in [-0.1, -0.05) is 110 Å². The van der Waals surface area contributed by atoms with Crippen LogP contribution < -0.4 is 0 Å². The van der Waals surface area contributed by atoms with Crippen molar-refractivity contribution in [3.63, 3.8) is 0 Å². The number of esters is 1. The van der Waals surface area contributed by atoms with Gasteiger partial charge in [-0.05, 0) is 137 Å². The van der Waals surface area contributed by atoms with Gasteiger partial charge in [-0.3, -0.25) is 4.79 Å². The fraction of sp³-hybridized carbons (Fsp3) is 0.977. The first-order valence-corrected chi connectivity index (χ1v) is 19.3. The van der Waals surface area contributed by atoms with Gasteiger partial charge < -0.3 is 9.47 Å². The summed E-state index contributed by atoms with van der Waals surface area (Å²) in [6.07, 6.45) is 13.8. The monoisotopic (exact) mass is 647 g/mol. The SMILES string of the molecule is CC1CCC(C(C)(C)OC(=O)C(C)(CC(C)(C)C)C(C)(C)CCC(C)(C)CC(C)(OC2CCC(C(C)(C)C)CC2)C(C)(C)C)CC1. The van der Waals surface area contributed by atoms with Crippen LogP contribution in [0.5, 0.6) is 0 Å². The standard InChI is InChI=1S/C43H82O3/c1-31-19-21-33(22-20-31)41(15,16)46-35(44)42(17,29-36(2,3)4)40(13,14)28-27-39(11,12)30-43(18,38(8,9)10)45-34-25-23-32(24-26-34)37(5,6)7/h31-34H,19-30H2,1-18H3. The molecule has 3 heteroatoms. The van der Waals surface area contributed by atoms with Crippen molar-refractivity contribution in [3.8, 4) is 0 Å². The van der Waals surface area contributed by atoms with Crippen LogP contribution in [0.25, 0.3) is 0 Å². The van der Waals surface area contributed by atoms with Gasteiger partial charge in [-0.25, -0.2) is 0 Å². The quantitative estimate of drug-likeness (QED) is 0.198. The van der Waals surface area contributed by atoms with Gasteiger partial charge in [0.2, 0.25) is 0 Å². The van der Waals surface area contributed by atoms with Gasteiger partial charge in [-0.2, -0.15) is 0 Å². The zero-order valence-corrected chi connectivity index (χ0v) is 34.5. The molecule has 0 aliphatic heterocycles. The molecule has 0 radical (unpaired) electrons. The minimum Gasteiger partial charge on any atom is -0.459 e. The third kappa shape index (κ3) is 11.0. The normalized spacial score (nSPS) is 27.1. The van der Waals surface area contributed by atoms with E-state index in [1.54, 1.807) is 0 Å². The van der Waals surface area contributed by atoms with E-state index in [-0.39, 0.29) is 33.2 Å². The summed E-state index contributed by atoms with van der Waals surface area (Å²) in [6, 6.07) is 0. The lowest BCUT2D eigenvalue weighted by Crippen LogP contribution is -2.51. The highest BCUT2D eigenvalue weighted by atomic mass is 16.6. The van der Waals surface area contributed by atoms with Crippen LogP contribution in [0, 0.1) is 50.2 Å². The Bertz CT molecular complexity index is 967. The van der Waals surface area contributed by atoms with Crippen LogP contribution in [-0.4, -0.2) is 23.3 Å². The van der Waals surface area contributed by atoms with E-state index in [2.05, 4.69) is 125 Å². The van der Waals surface area contributed by atoms with Gasteiger partial charge in [0.15, 0.2) is 0 Å². The lowest BCUT2D eigenvalue weighted by atomic mass is 9.57. The van der Waals surface area contributed by atoms with Gasteiger partial charge >= 0.3 is 5.97 Å². The topological polar surface area (TPSA) is 35.5 Å². The minimum atomic E-state index is -0.587. The summed E-state index contributed by atoms with van der Waals surface area (Å²) in [7, 11) is 0. The van der Waals surface area contributed by atoms with Gasteiger partial charge in [0.25, 0.3) is 0 Å². The maximum absolute atomic E-state index is 14.5. The predicted molar refractivity (Wildman–Crippen MR) is 199 cm³/mol. The van der Waals surface area contributed by atoms with Gasteiger partial charge in [-0.15, -0.1) is 0 Å². The molecule has 0 bridgehead atoms. The summed E-state index contributed by atoms with van der Waals surface area (Å²) in [4.78, 5) is 14.5. The molecule has 2 fully saturated rings. The number of ether oxygens (including phenoxy) is 2. The summed E-state index contributed by atoms with van der Waals surface area (Å²) in [5.41, 5.74) is -1.01. The molecule has 272 valence electrons. The molecule has 2 atom stereocenters. The van der Waals surface area contributed by atoms with Crippen LogP contribution in [0.3, 0.4) is 0 Å². The van der Waals surface area contributed by atoms with E-state index in [1.807, 2.05) is 0 Å². The van der Waals surface area contributed by atoms with Crippen molar-refractivity contribution in [2.45, 2.75) is 219 Å². The largest absolute Gasteiger partial charge is 0.459 e. The average Bonchev–Trinajstić information content (AvgIpc) is 2.85. The second-order valence-electron chi connectivity index (χ2n) is 22.2. The lowest BCUT2D eigenvalue weighted by Gasteiger charge is -2.51. The summed E-state index contributed by atoms with van der Waals surface area (Å²) >= 11 is 0. The van der Waals surface area contributed by atoms with Crippen LogP contribution in [0.4, 0.5) is 0 Å². The van der Waals surface area contributed by atoms with E-state index in [4.69, 9.17) is 9.47 Å². The van der Waals surface area contributed by atoms with Crippen LogP contribution in [0.15, 0.2) is 0 Å². The molecule has 3 nitrogen and oxygen atoms in total. The van der Waals surface area contributed by atoms with E-state index >= 15 is 0 Å². The maximum atomic E-state index is 14.5. The molecule has 0 heterocycles. The van der Waals surface area contributed by atoms with Crippen LogP contribution >= 0.6 is 0 Å². The number of carbonyl (C=O) groups excluding carboxylic acids is 1. The summed E-state index contributed by atoms with van der Waals surface area (Å²) in [5, 5.41) is 0. The Labute approximate surface area is 288 Å². The zero-order valence-electron chi connectivity index (χ0n) is 34.5. The summed E-state index contributed by atoms with van der Waals surface area (Å²) in [5.74, 6) is 2.01. The second-order valence-corrected chi connectivity index (χ2v) is 22.2. The molecule has 2 saturated carbocycles. The average molecular weight is 647 g/mol. The van der Waals surface area contributed by atoms with Crippen molar-refractivity contribution < 1.29 is 14.3 Å². The highest BCUT2D eigenvalue weighted by Gasteiger charge is 2.53. The third-order valence-electron chi connectivity index (χ3n) is 13.3. The molecule has 0 aromatic heterocycles. The molecule has 2 aliphatic carbocycles. The Balaban J connectivity index is 2.23. The molecule has 0 spiro atoms. The van der Waals surface area contributed by atoms with E-state index in [9.17, 15) is 4.79 Å². The Morgan fingerprint density at radius 3 is 1.52 bits per heavy atom. The lowest BCUT2D eigenvalue weighted by molar-refractivity contribution is -0.187. The van der Waals surface area contributed by atoms with Crippen molar-refractivity contribution in [1.82, 2.24) is 0 Å². The molecule has 2 aliphatic rings. The fourth-order valence-electron chi connectivity index (χ4n) is 8.87. The first-order valence-electron chi connectivity index (χ1n) is 19.3. The summed E-state index contributed by atoms with van der Waals surface area (Å²) < 4.78 is 13.8. The van der Waals surface area contributed by atoms with E-state index in [0.717, 1.165) is 50.4 Å². The van der Waals surface area contributed by atoms with Crippen molar-refractivity contribution in [2.75, 3.05) is 0 Å². The first kappa shape index (κ1) is 41.6. The molecular formula is C43H82O3. The number of hydrogen-bond acceptors (Lipinski definition) is 3. The molecule has 0 amide bonds. The van der Waals surface area contributed by atoms with E-state index in [0.29, 0.717) is 17.4 Å². The molecule has 0 aromatic rings. The van der Waals surface area contributed by atoms with Crippen LogP contribution in [-0.2, 0) is 14.3 Å². The maximum Gasteiger partial charge on any atom is 0.312 e. The Hall–Kier alpha value is -0.570. The fourth-order valence-corrected chi connectivity index (χ4v) is 8.87. The molecule has 0 aromatic carbocycles. The molecule has 46 heavy (non-hydrogen) atoms. The smallest absolute Gasteiger partial charge is 0.312 e. The minimum absolute atomic E-state index is 0.00238. The van der Waals surface area contributed by atoms with Crippen molar-refractivity contribution in [1.29, 1.82) is 0 Å². The third-order valence-corrected chi connectivity index (χ3v) is 13.3. The number of carbonyl (C=O) groups is 1. The van der Waals surface area contributed by atoms with Crippen LogP contribution in [0.2, 0.25) is 0 Å². The van der Waals surface area contributed by atoms with Gasteiger partial charge in [0.1, 0.15) is 5.60 Å². The molecule has 0 saturated heterocycles. The second kappa shape index (κ2) is 14.3. The Kier molecular flexibility index (Phi) is 13.0. The number of hydrogen-bond donors (Lipinski definition) is 0. The molecular weight excluding hydrogens is 564 g/mol. The Morgan fingerprint density at radius 2 is 1.09 bits per heavy atom. The highest BCUT2D eigenvalue weighted by molar-refractivity contribution is 5.78. The van der Waals surface area contributed by atoms with Gasteiger partial charge in [0.05, 0.1) is 17.1 Å². The number of rotatable bonds is 12. The summed E-state index contributed by atoms with van der Waals surface area (Å²) in [6.45, 7) is 41.9. The van der Waals surface area contributed by atoms with Gasteiger partial charge in [0, 0.05) is 0 Å². The first-order chi connectivity index (χ1) is 20.4. The highest BCUT2D eigenvalue weighted by Crippen LogP contribution is 2.54. The van der Waals surface area contributed by atoms with E-state index in [1.165, 1.54) is 38.5 Å². The van der Waals surface area contributed by atoms with Crippen molar-refractivity contribution >= 4 is 5.97 Å². The molecule has 2 rings (SSSR count). The molecule has 2 unspecified atom stereocenters. The molecule has 0 N–H and O–H groups in total. The van der Waals surface area contributed by atoms with E-state index < -0.39 is 11.0 Å². The predicted octanol–water partition coefficient (Wildman–Crippen LogP) is 13.2. The Morgan fingerprint density at radius 1 is 0.609 bits per heavy atom. The van der Waals surface area contributed by atoms with Crippen LogP contribution in [0.1, 0.15) is 202 Å².